The minimum atomic E-state index is -3.31. The standard InChI is InChI=1S/C19H19N5O3S/c1-28(26,27)24-10-9-15-11-16(7-8-17(15)24)18(25)21-19-20-13-23(22-19)12-14-5-3-2-4-6-14/h2-8,11,13H,9-10,12H2,1H3,(H,21,22,25). The average molecular weight is 397 g/mol. The molecule has 28 heavy (non-hydrogen) atoms. The Balaban J connectivity index is 1.46. The van der Waals surface area contributed by atoms with Crippen LogP contribution in [0.3, 0.4) is 0 Å². The van der Waals surface area contributed by atoms with Crippen molar-refractivity contribution in [1.82, 2.24) is 14.8 Å². The fraction of sp³-hybridized carbons (Fsp3) is 0.211. The van der Waals surface area contributed by atoms with Gasteiger partial charge in [-0.3, -0.25) is 14.4 Å². The molecule has 1 aliphatic heterocycles. The zero-order valence-electron chi connectivity index (χ0n) is 15.2. The molecule has 0 unspecified atom stereocenters. The molecule has 0 bridgehead atoms. The van der Waals surface area contributed by atoms with Gasteiger partial charge < -0.3 is 0 Å². The minimum absolute atomic E-state index is 0.221. The predicted octanol–water partition coefficient (Wildman–Crippen LogP) is 1.90. The molecule has 4 rings (SSSR count). The van der Waals surface area contributed by atoms with Crippen LogP contribution in [0.4, 0.5) is 11.6 Å². The van der Waals surface area contributed by atoms with Crippen LogP contribution in [0.1, 0.15) is 21.5 Å². The van der Waals surface area contributed by atoms with Crippen molar-refractivity contribution in [3.8, 4) is 0 Å². The average Bonchev–Trinajstić information content (AvgIpc) is 3.28. The Morgan fingerprint density at radius 1 is 1.18 bits per heavy atom. The van der Waals surface area contributed by atoms with Crippen LogP contribution in [0.2, 0.25) is 0 Å². The third-order valence-corrected chi connectivity index (χ3v) is 5.72. The summed E-state index contributed by atoms with van der Waals surface area (Å²) in [7, 11) is -3.31. The van der Waals surface area contributed by atoms with Crippen molar-refractivity contribution in [1.29, 1.82) is 0 Å². The molecule has 1 aromatic heterocycles. The predicted molar refractivity (Wildman–Crippen MR) is 106 cm³/mol. The molecule has 2 heterocycles. The van der Waals surface area contributed by atoms with Gasteiger partial charge in [0.25, 0.3) is 5.91 Å². The number of carbonyl (C=O) groups is 1. The van der Waals surface area contributed by atoms with Crippen molar-refractivity contribution in [3.05, 3.63) is 71.5 Å². The zero-order chi connectivity index (χ0) is 19.7. The maximum Gasteiger partial charge on any atom is 0.258 e. The molecule has 1 amide bonds. The summed E-state index contributed by atoms with van der Waals surface area (Å²) in [6, 6.07) is 14.8. The van der Waals surface area contributed by atoms with Gasteiger partial charge in [-0.25, -0.2) is 18.1 Å². The van der Waals surface area contributed by atoms with Crippen LogP contribution in [0, 0.1) is 0 Å². The summed E-state index contributed by atoms with van der Waals surface area (Å²) < 4.78 is 26.6. The SMILES string of the molecule is CS(=O)(=O)N1CCc2cc(C(=O)Nc3ncn(Cc4ccccc4)n3)ccc21. The number of nitrogens with one attached hydrogen (secondary N) is 1. The highest BCUT2D eigenvalue weighted by Gasteiger charge is 2.26. The molecule has 0 saturated heterocycles. The van der Waals surface area contributed by atoms with Gasteiger partial charge in [0.1, 0.15) is 6.33 Å². The van der Waals surface area contributed by atoms with E-state index in [4.69, 9.17) is 0 Å². The number of nitrogens with zero attached hydrogens (tertiary/aromatic N) is 4. The van der Waals surface area contributed by atoms with Gasteiger partial charge >= 0.3 is 0 Å². The Labute approximate surface area is 162 Å². The second-order valence-electron chi connectivity index (χ2n) is 6.63. The van der Waals surface area contributed by atoms with Gasteiger partial charge in [0.05, 0.1) is 18.5 Å². The van der Waals surface area contributed by atoms with E-state index >= 15 is 0 Å². The Bertz CT molecular complexity index is 1130. The molecule has 144 valence electrons. The number of hydrogen-bond acceptors (Lipinski definition) is 5. The number of rotatable bonds is 5. The topological polar surface area (TPSA) is 97.2 Å². The van der Waals surface area contributed by atoms with Crippen molar-refractivity contribution in [2.24, 2.45) is 0 Å². The van der Waals surface area contributed by atoms with Crippen LogP contribution in [-0.4, -0.2) is 41.9 Å². The highest BCUT2D eigenvalue weighted by molar-refractivity contribution is 7.92. The van der Waals surface area contributed by atoms with E-state index in [1.165, 1.54) is 10.6 Å². The van der Waals surface area contributed by atoms with Gasteiger partial charge in [-0.2, -0.15) is 0 Å². The largest absolute Gasteiger partial charge is 0.289 e. The maximum absolute atomic E-state index is 12.5. The Kier molecular flexibility index (Phi) is 4.60. The van der Waals surface area contributed by atoms with Gasteiger partial charge in [0.2, 0.25) is 16.0 Å². The van der Waals surface area contributed by atoms with Gasteiger partial charge in [-0.05, 0) is 35.7 Å². The lowest BCUT2D eigenvalue weighted by Gasteiger charge is -2.16. The molecule has 8 nitrogen and oxygen atoms in total. The fourth-order valence-corrected chi connectivity index (χ4v) is 4.19. The van der Waals surface area contributed by atoms with Gasteiger partial charge in [-0.15, -0.1) is 5.10 Å². The molecule has 0 spiro atoms. The van der Waals surface area contributed by atoms with Gasteiger partial charge in [0.15, 0.2) is 0 Å². The second-order valence-corrected chi connectivity index (χ2v) is 8.54. The first-order valence-corrected chi connectivity index (χ1v) is 10.6. The van der Waals surface area contributed by atoms with Crippen molar-refractivity contribution in [2.75, 3.05) is 22.4 Å². The van der Waals surface area contributed by atoms with Crippen molar-refractivity contribution in [3.63, 3.8) is 0 Å². The van der Waals surface area contributed by atoms with Gasteiger partial charge in [0, 0.05) is 12.1 Å². The number of fused-ring (bicyclic) bond motifs is 1. The number of anilines is 2. The first-order chi connectivity index (χ1) is 13.4. The monoisotopic (exact) mass is 397 g/mol. The number of amides is 1. The molecule has 2 aromatic carbocycles. The summed E-state index contributed by atoms with van der Waals surface area (Å²) in [6.45, 7) is 0.953. The smallest absolute Gasteiger partial charge is 0.258 e. The normalized spacial score (nSPS) is 13.4. The van der Waals surface area contributed by atoms with Crippen molar-refractivity contribution >= 4 is 27.6 Å². The van der Waals surface area contributed by atoms with Crippen LogP contribution in [-0.2, 0) is 23.0 Å². The Hall–Kier alpha value is -3.20. The molecule has 1 aliphatic rings. The summed E-state index contributed by atoms with van der Waals surface area (Å²) in [5, 5.41) is 6.96. The second kappa shape index (κ2) is 7.08. The van der Waals surface area contributed by atoms with Crippen LogP contribution in [0.5, 0.6) is 0 Å². The van der Waals surface area contributed by atoms with E-state index in [1.54, 1.807) is 29.2 Å². The molecular weight excluding hydrogens is 378 g/mol. The summed E-state index contributed by atoms with van der Waals surface area (Å²) in [6.07, 6.45) is 3.32. The van der Waals surface area contributed by atoms with Crippen LogP contribution in [0.25, 0.3) is 0 Å². The number of carbonyl (C=O) groups excluding carboxylic acids is 1. The van der Waals surface area contributed by atoms with E-state index in [9.17, 15) is 13.2 Å². The molecule has 0 aliphatic carbocycles. The van der Waals surface area contributed by atoms with Crippen LogP contribution >= 0.6 is 0 Å². The van der Waals surface area contributed by atoms with E-state index in [0.29, 0.717) is 30.8 Å². The summed E-state index contributed by atoms with van der Waals surface area (Å²) in [5.74, 6) is -0.114. The first-order valence-electron chi connectivity index (χ1n) is 8.75. The third kappa shape index (κ3) is 3.74. The summed E-state index contributed by atoms with van der Waals surface area (Å²) >= 11 is 0. The van der Waals surface area contributed by atoms with Gasteiger partial charge in [-0.1, -0.05) is 30.3 Å². The molecule has 0 fully saturated rings. The molecule has 3 aromatic rings. The van der Waals surface area contributed by atoms with E-state index in [2.05, 4.69) is 15.4 Å². The quantitative estimate of drug-likeness (QED) is 0.709. The lowest BCUT2D eigenvalue weighted by molar-refractivity contribution is 0.102. The number of sulfonamides is 1. The Morgan fingerprint density at radius 2 is 1.96 bits per heavy atom. The lowest BCUT2D eigenvalue weighted by atomic mass is 10.1. The molecule has 0 radical (unpaired) electrons. The highest BCUT2D eigenvalue weighted by atomic mass is 32.2. The van der Waals surface area contributed by atoms with E-state index in [1.807, 2.05) is 30.3 Å². The molecule has 1 N–H and O–H groups in total. The van der Waals surface area contributed by atoms with Crippen molar-refractivity contribution in [2.45, 2.75) is 13.0 Å². The van der Waals surface area contributed by atoms with Crippen LogP contribution < -0.4 is 9.62 Å². The summed E-state index contributed by atoms with van der Waals surface area (Å²) in [4.78, 5) is 16.7. The number of benzene rings is 2. The minimum Gasteiger partial charge on any atom is -0.289 e. The Morgan fingerprint density at radius 3 is 2.71 bits per heavy atom. The molecule has 0 atom stereocenters. The first kappa shape index (κ1) is 18.2. The molecular formula is C19H19N5O3S. The molecule has 9 heteroatoms. The van der Waals surface area contributed by atoms with E-state index < -0.39 is 10.0 Å². The van der Waals surface area contributed by atoms with Crippen molar-refractivity contribution < 1.29 is 13.2 Å². The highest BCUT2D eigenvalue weighted by Crippen LogP contribution is 2.30. The fourth-order valence-electron chi connectivity index (χ4n) is 3.23. The van der Waals surface area contributed by atoms with Crippen LogP contribution in [0.15, 0.2) is 54.9 Å². The third-order valence-electron chi connectivity index (χ3n) is 4.54. The molecule has 0 saturated carbocycles. The maximum atomic E-state index is 12.5. The number of aromatic nitrogens is 3. The summed E-state index contributed by atoms with van der Waals surface area (Å²) in [5.41, 5.74) is 2.98. The van der Waals surface area contributed by atoms with E-state index in [0.717, 1.165) is 11.1 Å². The zero-order valence-corrected chi connectivity index (χ0v) is 16.1. The van der Waals surface area contributed by atoms with E-state index in [-0.39, 0.29) is 11.9 Å². The lowest BCUT2D eigenvalue weighted by Crippen LogP contribution is -2.27. The number of hydrogen-bond donors (Lipinski definition) is 1.